The average molecular weight is 866 g/mol. The van der Waals surface area contributed by atoms with Crippen LogP contribution in [-0.2, 0) is 25.7 Å². The molecule has 0 aliphatic carbocycles. The highest BCUT2D eigenvalue weighted by Gasteiger charge is 2.21. The number of nitrogens with zero attached hydrogens (tertiary/aromatic N) is 4. The second-order valence-electron chi connectivity index (χ2n) is 17.9. The molecule has 64 heavy (non-hydrogen) atoms. The molecule has 0 unspecified atom stereocenters. The Hall–Kier alpha value is -5.98. The highest BCUT2D eigenvalue weighted by atomic mass is 16.5. The first kappa shape index (κ1) is 43.3. The fourth-order valence-corrected chi connectivity index (χ4v) is 9.90. The number of piperazine rings is 2. The maximum Gasteiger partial charge on any atom is 0.335 e. The van der Waals surface area contributed by atoms with Crippen LogP contribution in [0.1, 0.15) is 81.5 Å². The molecule has 0 radical (unpaired) electrons. The Bertz CT molecular complexity index is 2370. The Balaban J connectivity index is 0.000000162. The van der Waals surface area contributed by atoms with Crippen molar-refractivity contribution in [3.05, 3.63) is 119 Å². The van der Waals surface area contributed by atoms with Crippen LogP contribution >= 0.6 is 0 Å². The first-order valence-electron chi connectivity index (χ1n) is 23.5. The molecule has 10 rings (SSSR count). The number of carboxylic acids is 1. The van der Waals surface area contributed by atoms with Crippen molar-refractivity contribution in [1.82, 2.24) is 19.8 Å². The van der Waals surface area contributed by atoms with Crippen molar-refractivity contribution in [2.75, 3.05) is 88.5 Å². The first-order valence-corrected chi connectivity index (χ1v) is 23.5. The van der Waals surface area contributed by atoms with Gasteiger partial charge in [-0.1, -0.05) is 0 Å². The number of nitrogens with two attached hydrogens (primary N) is 1. The number of benzene rings is 4. The van der Waals surface area contributed by atoms with E-state index in [1.165, 1.54) is 40.0 Å². The number of primary amides is 1. The summed E-state index contributed by atoms with van der Waals surface area (Å²) in [5.41, 5.74) is 16.3. The lowest BCUT2D eigenvalue weighted by Crippen LogP contribution is -2.46. The second-order valence-corrected chi connectivity index (χ2v) is 17.9. The molecule has 4 aliphatic rings. The van der Waals surface area contributed by atoms with Gasteiger partial charge in [-0.3, -0.25) is 14.6 Å². The molecule has 336 valence electrons. The highest BCUT2D eigenvalue weighted by molar-refractivity contribution is 5.98. The fourth-order valence-electron chi connectivity index (χ4n) is 9.90. The van der Waals surface area contributed by atoms with Crippen LogP contribution < -0.4 is 25.0 Å². The molecule has 0 bridgehead atoms. The van der Waals surface area contributed by atoms with Gasteiger partial charge < -0.3 is 40.1 Å². The van der Waals surface area contributed by atoms with Crippen LogP contribution in [0.25, 0.3) is 21.8 Å². The summed E-state index contributed by atoms with van der Waals surface area (Å²) in [5.74, 6) is 0.886. The van der Waals surface area contributed by atoms with Gasteiger partial charge in [-0.2, -0.15) is 0 Å². The standard InChI is InChI=1S/C26H32N4O2.C26H31N3O3/c27-26(31)20-6-8-24-23(17-20)21(18-28-24)4-1-2-10-29-11-13-30(14-12-29)22-7-9-25-19(16-22)5-3-15-32-25;30-26(31)20-6-8-24-23(17-20)21(18-27-24)4-1-2-10-28-11-13-29(14-12-28)22-7-9-25-19(16-22)5-3-15-32-25/h6-9,16-18,28H,1-5,10-15H2,(H2,27,31);6-9,16-18,27H,1-5,10-15H2,(H,30,31). The quantitative estimate of drug-likeness (QED) is 0.0800. The third kappa shape index (κ3) is 10.3. The van der Waals surface area contributed by atoms with Gasteiger partial charge in [0, 0.05) is 103 Å². The number of nitrogens with one attached hydrogen (secondary N) is 2. The second kappa shape index (κ2) is 20.2. The normalized spacial score (nSPS) is 16.7. The van der Waals surface area contributed by atoms with Crippen molar-refractivity contribution >= 4 is 45.1 Å². The molecule has 4 aromatic carbocycles. The molecule has 1 amide bonds. The summed E-state index contributed by atoms with van der Waals surface area (Å²) < 4.78 is 11.5. The minimum Gasteiger partial charge on any atom is -0.493 e. The number of unbranched alkanes of at least 4 members (excludes halogenated alkanes) is 2. The average Bonchev–Trinajstić information content (AvgIpc) is 3.95. The Morgan fingerprint density at radius 1 is 0.578 bits per heavy atom. The van der Waals surface area contributed by atoms with Gasteiger partial charge in [-0.25, -0.2) is 4.79 Å². The molecule has 2 aromatic heterocycles. The molecule has 0 spiro atoms. The van der Waals surface area contributed by atoms with Crippen LogP contribution in [0, 0.1) is 0 Å². The molecular weight excluding hydrogens is 803 g/mol. The number of carboxylic acid groups (broad SMARTS) is 1. The number of ether oxygens (including phenoxy) is 2. The van der Waals surface area contributed by atoms with E-state index in [0.29, 0.717) is 11.1 Å². The van der Waals surface area contributed by atoms with Crippen LogP contribution in [0.4, 0.5) is 11.4 Å². The van der Waals surface area contributed by atoms with Gasteiger partial charge in [-0.05, 0) is 172 Å². The molecule has 12 nitrogen and oxygen atoms in total. The Morgan fingerprint density at radius 2 is 1.05 bits per heavy atom. The Labute approximate surface area is 376 Å². The van der Waals surface area contributed by atoms with Gasteiger partial charge in [0.15, 0.2) is 0 Å². The lowest BCUT2D eigenvalue weighted by molar-refractivity contribution is 0.0696. The number of anilines is 2. The van der Waals surface area contributed by atoms with Crippen LogP contribution in [0.2, 0.25) is 0 Å². The molecule has 2 fully saturated rings. The highest BCUT2D eigenvalue weighted by Crippen LogP contribution is 2.31. The molecular formula is C52H63N7O5. The number of carbonyl (C=O) groups excluding carboxylic acids is 1. The number of amides is 1. The van der Waals surface area contributed by atoms with Crippen LogP contribution in [0.5, 0.6) is 11.5 Å². The van der Waals surface area contributed by atoms with Crippen LogP contribution in [-0.4, -0.2) is 115 Å². The molecule has 0 saturated carbocycles. The summed E-state index contributed by atoms with van der Waals surface area (Å²) in [6, 6.07) is 24.3. The summed E-state index contributed by atoms with van der Waals surface area (Å²) in [5, 5.41) is 11.4. The van der Waals surface area contributed by atoms with E-state index in [1.54, 1.807) is 18.2 Å². The van der Waals surface area contributed by atoms with E-state index < -0.39 is 5.97 Å². The van der Waals surface area contributed by atoms with Gasteiger partial charge in [0.2, 0.25) is 5.91 Å². The number of fused-ring (bicyclic) bond motifs is 4. The van der Waals surface area contributed by atoms with Crippen molar-refractivity contribution in [1.29, 1.82) is 0 Å². The predicted octanol–water partition coefficient (Wildman–Crippen LogP) is 8.07. The smallest absolute Gasteiger partial charge is 0.335 e. The van der Waals surface area contributed by atoms with Crippen LogP contribution in [0.3, 0.4) is 0 Å². The third-order valence-corrected chi connectivity index (χ3v) is 13.7. The lowest BCUT2D eigenvalue weighted by Gasteiger charge is -2.36. The number of H-pyrrole nitrogens is 2. The fraction of sp³-hybridized carbons (Fsp3) is 0.423. The van der Waals surface area contributed by atoms with E-state index in [4.69, 9.17) is 15.2 Å². The van der Waals surface area contributed by atoms with E-state index in [0.717, 1.165) is 170 Å². The maximum atomic E-state index is 11.5. The number of rotatable bonds is 14. The zero-order valence-electron chi connectivity index (χ0n) is 37.1. The number of aryl methyl sites for hydroxylation is 4. The van der Waals surface area contributed by atoms with Crippen LogP contribution in [0.15, 0.2) is 85.2 Å². The van der Waals surface area contributed by atoms with Gasteiger partial charge in [-0.15, -0.1) is 0 Å². The predicted molar refractivity (Wildman–Crippen MR) is 256 cm³/mol. The van der Waals surface area contributed by atoms with E-state index in [-0.39, 0.29) is 5.91 Å². The van der Waals surface area contributed by atoms with Crippen molar-refractivity contribution in [2.45, 2.75) is 64.2 Å². The lowest BCUT2D eigenvalue weighted by atomic mass is 10.0. The van der Waals surface area contributed by atoms with Crippen molar-refractivity contribution in [2.24, 2.45) is 5.73 Å². The van der Waals surface area contributed by atoms with Crippen molar-refractivity contribution in [3.8, 4) is 11.5 Å². The monoisotopic (exact) mass is 865 g/mol. The maximum absolute atomic E-state index is 11.5. The molecule has 0 atom stereocenters. The third-order valence-electron chi connectivity index (χ3n) is 13.7. The van der Waals surface area contributed by atoms with Gasteiger partial charge in [0.25, 0.3) is 0 Å². The Kier molecular flexibility index (Phi) is 13.7. The summed E-state index contributed by atoms with van der Waals surface area (Å²) in [6.45, 7) is 12.7. The van der Waals surface area contributed by atoms with Gasteiger partial charge >= 0.3 is 5.97 Å². The zero-order chi connectivity index (χ0) is 43.8. The molecule has 5 N–H and O–H groups in total. The first-order chi connectivity index (χ1) is 31.3. The van der Waals surface area contributed by atoms with Crippen molar-refractivity contribution < 1.29 is 24.2 Å². The van der Waals surface area contributed by atoms with Gasteiger partial charge in [0.05, 0.1) is 18.8 Å². The van der Waals surface area contributed by atoms with E-state index in [9.17, 15) is 14.7 Å². The van der Waals surface area contributed by atoms with E-state index in [1.807, 2.05) is 24.4 Å². The number of aromatic carboxylic acids is 1. The molecule has 12 heteroatoms. The summed E-state index contributed by atoms with van der Waals surface area (Å²) in [6.07, 6.45) is 15.1. The molecule has 6 aromatic rings. The number of aromatic amines is 2. The van der Waals surface area contributed by atoms with Gasteiger partial charge in [0.1, 0.15) is 11.5 Å². The van der Waals surface area contributed by atoms with E-state index >= 15 is 0 Å². The SMILES string of the molecule is NC(=O)c1ccc2[nH]cc(CCCCN3CCN(c4ccc5c(c4)CCCO5)CC3)c2c1.O=C(O)c1ccc2[nH]cc(CCCCN3CCN(c4ccc5c(c4)CCCO5)CC3)c2c1. The summed E-state index contributed by atoms with van der Waals surface area (Å²) in [4.78, 5) is 39.5. The number of hydrogen-bond donors (Lipinski definition) is 4. The minimum atomic E-state index is -0.873. The number of aromatic nitrogens is 2. The topological polar surface area (TPSA) is 143 Å². The summed E-state index contributed by atoms with van der Waals surface area (Å²) in [7, 11) is 0. The van der Waals surface area contributed by atoms with Crippen molar-refractivity contribution in [3.63, 3.8) is 0 Å². The molecule has 6 heterocycles. The van der Waals surface area contributed by atoms with E-state index in [2.05, 4.69) is 72.2 Å². The Morgan fingerprint density at radius 3 is 1.52 bits per heavy atom. The summed E-state index contributed by atoms with van der Waals surface area (Å²) >= 11 is 0. The number of carbonyl (C=O) groups is 2. The minimum absolute atomic E-state index is 0.350. The molecule has 2 saturated heterocycles. The largest absolute Gasteiger partial charge is 0.493 e. The molecule has 4 aliphatic heterocycles. The zero-order valence-corrected chi connectivity index (χ0v) is 37.1. The number of hydrogen-bond acceptors (Lipinski definition) is 8.